The van der Waals surface area contributed by atoms with Crippen molar-refractivity contribution in [3.05, 3.63) is 71.6 Å². The Labute approximate surface area is 193 Å². The number of nitrogens with one attached hydrogen (secondary N) is 2. The highest BCUT2D eigenvalue weighted by Gasteiger charge is 2.14. The molecule has 0 spiro atoms. The summed E-state index contributed by atoms with van der Waals surface area (Å²) in [5.74, 6) is 0.509. The van der Waals surface area contributed by atoms with Crippen LogP contribution < -0.4 is 10.6 Å². The van der Waals surface area contributed by atoms with Gasteiger partial charge < -0.3 is 15.2 Å². The zero-order valence-corrected chi connectivity index (χ0v) is 18.9. The zero-order chi connectivity index (χ0) is 22.3. The minimum atomic E-state index is -0.279. The van der Waals surface area contributed by atoms with E-state index in [4.69, 9.17) is 0 Å². The molecule has 7 nitrogen and oxygen atoms in total. The maximum absolute atomic E-state index is 13.0. The third-order valence-electron chi connectivity index (χ3n) is 4.56. The van der Waals surface area contributed by atoms with Crippen LogP contribution in [0.2, 0.25) is 0 Å². The summed E-state index contributed by atoms with van der Waals surface area (Å²) in [4.78, 5) is 16.9. The van der Waals surface area contributed by atoms with Crippen molar-refractivity contribution in [2.45, 2.75) is 25.2 Å². The van der Waals surface area contributed by atoms with E-state index in [-0.39, 0.29) is 17.5 Å². The Balaban J connectivity index is 1.32. The maximum Gasteiger partial charge on any atom is 0.236 e. The molecule has 2 aromatic heterocycles. The van der Waals surface area contributed by atoms with Gasteiger partial charge in [0.2, 0.25) is 5.91 Å². The summed E-state index contributed by atoms with van der Waals surface area (Å²) in [7, 11) is 0. The Morgan fingerprint density at radius 3 is 2.66 bits per heavy atom. The molecule has 0 aliphatic heterocycles. The number of nitrogens with zero attached hydrogens (tertiary/aromatic N) is 4. The van der Waals surface area contributed by atoms with Gasteiger partial charge in [-0.05, 0) is 31.2 Å². The molecule has 2 heterocycles. The zero-order valence-electron chi connectivity index (χ0n) is 17.3. The SMILES string of the molecule is CCn1c(CNc2ccc(F)cc2)nnc1SCC(=O)Nc1nc(-c2ccccc2)cs1. The Bertz CT molecular complexity index is 1180. The van der Waals surface area contributed by atoms with Gasteiger partial charge in [-0.3, -0.25) is 4.79 Å². The summed E-state index contributed by atoms with van der Waals surface area (Å²) in [6.45, 7) is 3.11. The van der Waals surface area contributed by atoms with Crippen LogP contribution in [0.3, 0.4) is 0 Å². The van der Waals surface area contributed by atoms with Crippen LogP contribution in [0.4, 0.5) is 15.2 Å². The molecule has 0 saturated carbocycles. The molecular formula is C22H21FN6OS2. The molecule has 2 aromatic carbocycles. The first kappa shape index (κ1) is 22.0. The summed E-state index contributed by atoms with van der Waals surface area (Å²) in [6, 6.07) is 16.0. The van der Waals surface area contributed by atoms with Gasteiger partial charge in [-0.25, -0.2) is 9.37 Å². The van der Waals surface area contributed by atoms with Crippen molar-refractivity contribution in [2.24, 2.45) is 0 Å². The average Bonchev–Trinajstić information content (AvgIpc) is 3.44. The number of halogens is 1. The van der Waals surface area contributed by atoms with E-state index in [0.29, 0.717) is 23.4 Å². The van der Waals surface area contributed by atoms with Crippen molar-refractivity contribution < 1.29 is 9.18 Å². The Hall–Kier alpha value is -3.24. The van der Waals surface area contributed by atoms with Gasteiger partial charge in [0.15, 0.2) is 16.1 Å². The lowest BCUT2D eigenvalue weighted by molar-refractivity contribution is -0.113. The molecule has 0 saturated heterocycles. The van der Waals surface area contributed by atoms with Crippen LogP contribution in [-0.2, 0) is 17.9 Å². The number of rotatable bonds is 9. The van der Waals surface area contributed by atoms with E-state index >= 15 is 0 Å². The monoisotopic (exact) mass is 468 g/mol. The highest BCUT2D eigenvalue weighted by Crippen LogP contribution is 2.25. The van der Waals surface area contributed by atoms with Gasteiger partial charge in [0.1, 0.15) is 5.82 Å². The molecule has 32 heavy (non-hydrogen) atoms. The van der Waals surface area contributed by atoms with E-state index in [0.717, 1.165) is 22.8 Å². The number of carbonyl (C=O) groups is 1. The van der Waals surface area contributed by atoms with Gasteiger partial charge in [-0.15, -0.1) is 21.5 Å². The van der Waals surface area contributed by atoms with Crippen molar-refractivity contribution in [2.75, 3.05) is 16.4 Å². The Morgan fingerprint density at radius 1 is 1.12 bits per heavy atom. The van der Waals surface area contributed by atoms with Crippen LogP contribution >= 0.6 is 23.1 Å². The van der Waals surface area contributed by atoms with Gasteiger partial charge in [-0.2, -0.15) is 0 Å². The fraction of sp³-hybridized carbons (Fsp3) is 0.182. The third-order valence-corrected chi connectivity index (χ3v) is 6.28. The summed E-state index contributed by atoms with van der Waals surface area (Å²) in [5.41, 5.74) is 2.64. The van der Waals surface area contributed by atoms with Crippen molar-refractivity contribution in [3.8, 4) is 11.3 Å². The molecule has 0 unspecified atom stereocenters. The lowest BCUT2D eigenvalue weighted by Gasteiger charge is -2.09. The first-order valence-corrected chi connectivity index (χ1v) is 11.8. The number of thiazole rings is 1. The first-order chi connectivity index (χ1) is 15.6. The number of carbonyl (C=O) groups excluding carboxylic acids is 1. The molecule has 0 radical (unpaired) electrons. The van der Waals surface area contributed by atoms with Gasteiger partial charge >= 0.3 is 0 Å². The topological polar surface area (TPSA) is 84.7 Å². The molecule has 2 N–H and O–H groups in total. The van der Waals surface area contributed by atoms with Crippen molar-refractivity contribution in [1.82, 2.24) is 19.7 Å². The number of amides is 1. The number of anilines is 2. The lowest BCUT2D eigenvalue weighted by atomic mass is 10.2. The quantitative estimate of drug-likeness (QED) is 0.340. The van der Waals surface area contributed by atoms with Crippen LogP contribution in [-0.4, -0.2) is 31.4 Å². The third kappa shape index (κ3) is 5.51. The molecule has 164 valence electrons. The summed E-state index contributed by atoms with van der Waals surface area (Å²) < 4.78 is 15.0. The fourth-order valence-electron chi connectivity index (χ4n) is 2.98. The van der Waals surface area contributed by atoms with Gasteiger partial charge in [0.25, 0.3) is 0 Å². The van der Waals surface area contributed by atoms with Crippen LogP contribution in [0.15, 0.2) is 65.1 Å². The predicted octanol–water partition coefficient (Wildman–Crippen LogP) is 4.90. The van der Waals surface area contributed by atoms with Crippen molar-refractivity contribution in [1.29, 1.82) is 0 Å². The molecular weight excluding hydrogens is 447 g/mol. The molecule has 0 atom stereocenters. The fourth-order valence-corrected chi connectivity index (χ4v) is 4.54. The maximum atomic E-state index is 13.0. The van der Waals surface area contributed by atoms with E-state index in [1.165, 1.54) is 35.2 Å². The average molecular weight is 469 g/mol. The largest absolute Gasteiger partial charge is 0.378 e. The number of hydrogen-bond acceptors (Lipinski definition) is 7. The molecule has 0 fully saturated rings. The van der Waals surface area contributed by atoms with Crippen LogP contribution in [0.5, 0.6) is 0 Å². The molecule has 10 heteroatoms. The number of aromatic nitrogens is 4. The normalized spacial score (nSPS) is 10.8. The standard InChI is InChI=1S/C22H21FN6OS2/c1-2-29-19(12-24-17-10-8-16(23)9-11-17)27-28-22(29)32-14-20(30)26-21-25-18(13-31-21)15-6-4-3-5-7-15/h3-11,13,24H,2,12,14H2,1H3,(H,25,26,30). The molecule has 0 aliphatic carbocycles. The highest BCUT2D eigenvalue weighted by atomic mass is 32.2. The number of benzene rings is 2. The number of thioether (sulfide) groups is 1. The minimum Gasteiger partial charge on any atom is -0.378 e. The first-order valence-electron chi connectivity index (χ1n) is 9.97. The van der Waals surface area contributed by atoms with E-state index in [2.05, 4.69) is 25.8 Å². The second-order valence-electron chi connectivity index (χ2n) is 6.74. The van der Waals surface area contributed by atoms with Crippen LogP contribution in [0, 0.1) is 5.82 Å². The van der Waals surface area contributed by atoms with Gasteiger partial charge in [0.05, 0.1) is 18.0 Å². The van der Waals surface area contributed by atoms with Gasteiger partial charge in [0, 0.05) is 23.2 Å². The van der Waals surface area contributed by atoms with E-state index in [1.807, 2.05) is 47.2 Å². The minimum absolute atomic E-state index is 0.152. The Kier molecular flexibility index (Phi) is 7.13. The second kappa shape index (κ2) is 10.4. The molecule has 4 aromatic rings. The smallest absolute Gasteiger partial charge is 0.236 e. The summed E-state index contributed by atoms with van der Waals surface area (Å²) >= 11 is 2.72. The van der Waals surface area contributed by atoms with Crippen molar-refractivity contribution in [3.63, 3.8) is 0 Å². The number of hydrogen-bond donors (Lipinski definition) is 2. The molecule has 0 aliphatic rings. The molecule has 4 rings (SSSR count). The van der Waals surface area contributed by atoms with Crippen molar-refractivity contribution >= 4 is 39.8 Å². The van der Waals surface area contributed by atoms with E-state index < -0.39 is 0 Å². The lowest BCUT2D eigenvalue weighted by Crippen LogP contribution is -2.15. The second-order valence-corrected chi connectivity index (χ2v) is 8.54. The predicted molar refractivity (Wildman–Crippen MR) is 126 cm³/mol. The summed E-state index contributed by atoms with van der Waals surface area (Å²) in [5, 5.41) is 17.7. The van der Waals surface area contributed by atoms with E-state index in [1.54, 1.807) is 12.1 Å². The highest BCUT2D eigenvalue weighted by molar-refractivity contribution is 7.99. The molecule has 0 bridgehead atoms. The van der Waals surface area contributed by atoms with Gasteiger partial charge in [-0.1, -0.05) is 42.1 Å². The van der Waals surface area contributed by atoms with E-state index in [9.17, 15) is 9.18 Å². The van der Waals surface area contributed by atoms with Crippen LogP contribution in [0.25, 0.3) is 11.3 Å². The van der Waals surface area contributed by atoms with Crippen LogP contribution in [0.1, 0.15) is 12.7 Å². The molecule has 1 amide bonds. The summed E-state index contributed by atoms with van der Waals surface area (Å²) in [6.07, 6.45) is 0. The Morgan fingerprint density at radius 2 is 1.91 bits per heavy atom.